The van der Waals surface area contributed by atoms with E-state index < -0.39 is 35.1 Å². The van der Waals surface area contributed by atoms with E-state index in [0.29, 0.717) is 5.56 Å². The smallest absolute Gasteiger partial charge is 0.425 e. The summed E-state index contributed by atoms with van der Waals surface area (Å²) in [5.74, 6) is -4.07. The zero-order valence-electron chi connectivity index (χ0n) is 13.6. The van der Waals surface area contributed by atoms with Crippen molar-refractivity contribution in [2.45, 2.75) is 25.6 Å². The molecule has 0 saturated carbocycles. The second kappa shape index (κ2) is 6.23. The molecule has 1 aliphatic heterocycles. The molecule has 25 heavy (non-hydrogen) atoms. The summed E-state index contributed by atoms with van der Waals surface area (Å²) in [4.78, 5) is 36.5. The van der Waals surface area contributed by atoms with Crippen LogP contribution >= 0.6 is 0 Å². The fourth-order valence-corrected chi connectivity index (χ4v) is 2.66. The Morgan fingerprint density at radius 3 is 2.32 bits per heavy atom. The highest BCUT2D eigenvalue weighted by atomic mass is 19.4. The molecule has 1 aliphatic rings. The van der Waals surface area contributed by atoms with Crippen LogP contribution in [-0.2, 0) is 14.3 Å². The van der Waals surface area contributed by atoms with Gasteiger partial charge in [0.05, 0.1) is 7.11 Å². The number of allylic oxidation sites excluding steroid dienone is 1. The molecular formula is C16H15F3N2O4. The highest BCUT2D eigenvalue weighted by molar-refractivity contribution is 6.11. The number of amides is 2. The maximum atomic E-state index is 13.8. The Labute approximate surface area is 141 Å². The van der Waals surface area contributed by atoms with Crippen LogP contribution in [0.25, 0.3) is 0 Å². The van der Waals surface area contributed by atoms with E-state index in [1.165, 1.54) is 25.1 Å². The predicted molar refractivity (Wildman–Crippen MR) is 80.3 cm³/mol. The molecule has 0 bridgehead atoms. The van der Waals surface area contributed by atoms with Gasteiger partial charge in [-0.1, -0.05) is 18.2 Å². The minimum Gasteiger partial charge on any atom is -0.466 e. The number of nitrogens with one attached hydrogen (secondary N) is 2. The fourth-order valence-electron chi connectivity index (χ4n) is 2.66. The first-order chi connectivity index (χ1) is 11.6. The van der Waals surface area contributed by atoms with E-state index in [-0.39, 0.29) is 11.3 Å². The third-order valence-corrected chi connectivity index (χ3v) is 3.90. The molecule has 0 saturated heterocycles. The topological polar surface area (TPSA) is 84.5 Å². The Balaban J connectivity index is 2.60. The summed E-state index contributed by atoms with van der Waals surface area (Å²) < 4.78 is 45.9. The summed E-state index contributed by atoms with van der Waals surface area (Å²) in [6, 6.07) is 5.93. The molecule has 0 spiro atoms. The van der Waals surface area contributed by atoms with Crippen molar-refractivity contribution in [1.29, 1.82) is 0 Å². The van der Waals surface area contributed by atoms with Gasteiger partial charge in [0.1, 0.15) is 5.57 Å². The lowest BCUT2D eigenvalue weighted by Gasteiger charge is -2.31. The minimum atomic E-state index is -5.27. The van der Waals surface area contributed by atoms with Crippen LogP contribution in [0.15, 0.2) is 35.5 Å². The molecule has 2 amide bonds. The maximum Gasteiger partial charge on any atom is 0.425 e. The van der Waals surface area contributed by atoms with E-state index in [9.17, 15) is 27.6 Å². The van der Waals surface area contributed by atoms with Gasteiger partial charge in [-0.15, -0.1) is 0 Å². The van der Waals surface area contributed by atoms with Crippen molar-refractivity contribution in [3.63, 3.8) is 0 Å². The normalized spacial score (nSPS) is 20.3. The van der Waals surface area contributed by atoms with Gasteiger partial charge in [0.2, 0.25) is 5.54 Å². The van der Waals surface area contributed by atoms with Crippen LogP contribution < -0.4 is 10.6 Å². The Bertz CT molecular complexity index is 786. The number of ether oxygens (including phenoxy) is 1. The Morgan fingerprint density at radius 1 is 1.20 bits per heavy atom. The largest absolute Gasteiger partial charge is 0.466 e. The van der Waals surface area contributed by atoms with Crippen molar-refractivity contribution in [2.75, 3.05) is 7.11 Å². The van der Waals surface area contributed by atoms with Crippen molar-refractivity contribution >= 4 is 17.8 Å². The van der Waals surface area contributed by atoms with Crippen LogP contribution in [-0.4, -0.2) is 36.6 Å². The molecule has 0 fully saturated rings. The number of carbonyl (C=O) groups excluding carboxylic acids is 3. The van der Waals surface area contributed by atoms with Gasteiger partial charge >= 0.3 is 12.1 Å². The van der Waals surface area contributed by atoms with Crippen LogP contribution in [0.4, 0.5) is 13.2 Å². The number of hydrogen-bond donors (Lipinski definition) is 2. The van der Waals surface area contributed by atoms with Crippen LogP contribution in [0.5, 0.6) is 0 Å². The van der Waals surface area contributed by atoms with Gasteiger partial charge in [-0.05, 0) is 25.5 Å². The van der Waals surface area contributed by atoms with E-state index in [2.05, 4.69) is 4.74 Å². The first-order valence-corrected chi connectivity index (χ1v) is 7.12. The Hall–Kier alpha value is -2.84. The van der Waals surface area contributed by atoms with Crippen LogP contribution in [0.3, 0.4) is 0 Å². The van der Waals surface area contributed by atoms with Crippen molar-refractivity contribution in [1.82, 2.24) is 10.6 Å². The number of esters is 1. The summed E-state index contributed by atoms with van der Waals surface area (Å²) >= 11 is 0. The predicted octanol–water partition coefficient (Wildman–Crippen LogP) is 1.60. The second-order valence-electron chi connectivity index (χ2n) is 5.46. The van der Waals surface area contributed by atoms with E-state index in [1.54, 1.807) is 11.4 Å². The summed E-state index contributed by atoms with van der Waals surface area (Å²) in [6.07, 6.45) is -5.27. The number of carbonyl (C=O) groups is 3. The quantitative estimate of drug-likeness (QED) is 0.806. The summed E-state index contributed by atoms with van der Waals surface area (Å²) in [5.41, 5.74) is -4.48. The van der Waals surface area contributed by atoms with Crippen molar-refractivity contribution in [3.05, 3.63) is 46.7 Å². The minimum absolute atomic E-state index is 0.0484. The molecule has 6 nitrogen and oxygen atoms in total. The number of benzene rings is 1. The molecule has 0 radical (unpaired) electrons. The average molecular weight is 356 g/mol. The zero-order chi connectivity index (χ0) is 19.0. The summed E-state index contributed by atoms with van der Waals surface area (Å²) in [6.45, 7) is 2.66. The van der Waals surface area contributed by atoms with Gasteiger partial charge in [-0.2, -0.15) is 13.2 Å². The van der Waals surface area contributed by atoms with Crippen LogP contribution in [0.1, 0.15) is 22.8 Å². The van der Waals surface area contributed by atoms with E-state index in [4.69, 9.17) is 0 Å². The molecule has 1 aromatic carbocycles. The van der Waals surface area contributed by atoms with Crippen molar-refractivity contribution in [3.8, 4) is 0 Å². The molecule has 1 heterocycles. The highest BCUT2D eigenvalue weighted by Gasteiger charge is 2.69. The molecule has 134 valence electrons. The lowest BCUT2D eigenvalue weighted by molar-refractivity contribution is -0.188. The van der Waals surface area contributed by atoms with Crippen molar-refractivity contribution in [2.24, 2.45) is 0 Å². The lowest BCUT2D eigenvalue weighted by Crippen LogP contribution is -2.66. The fraction of sp³-hybridized carbons (Fsp3) is 0.312. The van der Waals surface area contributed by atoms with Gasteiger partial charge in [-0.25, -0.2) is 4.79 Å². The number of halogens is 3. The van der Waals surface area contributed by atoms with Gasteiger partial charge in [-0.3, -0.25) is 9.59 Å². The molecule has 2 N–H and O–H groups in total. The van der Waals surface area contributed by atoms with E-state index in [0.717, 1.165) is 14.0 Å². The maximum absolute atomic E-state index is 13.8. The molecule has 1 atom stereocenters. The lowest BCUT2D eigenvalue weighted by atomic mass is 9.88. The average Bonchev–Trinajstić information content (AvgIpc) is 2.77. The molecular weight excluding hydrogens is 341 g/mol. The SMILES string of the molecule is COC(=O)C1=C(C)NC(=O)[C@@]1(NC(=O)c1ccccc1C)C(F)(F)F. The second-order valence-corrected chi connectivity index (χ2v) is 5.46. The first kappa shape index (κ1) is 18.5. The summed E-state index contributed by atoms with van der Waals surface area (Å²) in [7, 11) is 0.885. The van der Waals surface area contributed by atoms with E-state index >= 15 is 0 Å². The van der Waals surface area contributed by atoms with Crippen LogP contribution in [0, 0.1) is 6.92 Å². The molecule has 1 aromatic rings. The third-order valence-electron chi connectivity index (χ3n) is 3.90. The zero-order valence-corrected chi connectivity index (χ0v) is 13.6. The summed E-state index contributed by atoms with van der Waals surface area (Å²) in [5, 5.41) is 3.66. The highest BCUT2D eigenvalue weighted by Crippen LogP contribution is 2.41. The van der Waals surface area contributed by atoms with Crippen molar-refractivity contribution < 1.29 is 32.3 Å². The van der Waals surface area contributed by atoms with Gasteiger partial charge in [0, 0.05) is 11.3 Å². The molecule has 2 rings (SSSR count). The molecule has 9 heteroatoms. The first-order valence-electron chi connectivity index (χ1n) is 7.12. The molecule has 0 unspecified atom stereocenters. The van der Waals surface area contributed by atoms with Gasteiger partial charge < -0.3 is 15.4 Å². The number of aryl methyl sites for hydroxylation is 1. The van der Waals surface area contributed by atoms with Gasteiger partial charge in [0.15, 0.2) is 0 Å². The standard InChI is InChI=1S/C16H15F3N2O4/c1-8-6-4-5-7-10(8)12(22)21-15(16(17,18)19)11(13(23)25-3)9(2)20-14(15)24/h4-7H,1-3H3,(H,20,24)(H,21,22)/t15-/m1/s1. The number of rotatable bonds is 3. The number of methoxy groups -OCH3 is 1. The van der Waals surface area contributed by atoms with Gasteiger partial charge in [0.25, 0.3) is 11.8 Å². The van der Waals surface area contributed by atoms with E-state index in [1.807, 2.05) is 5.32 Å². The Kier molecular flexibility index (Phi) is 4.61. The number of alkyl halides is 3. The third kappa shape index (κ3) is 2.86. The molecule has 0 aromatic heterocycles. The van der Waals surface area contributed by atoms with Crippen LogP contribution in [0.2, 0.25) is 0 Å². The monoisotopic (exact) mass is 356 g/mol. The Morgan fingerprint density at radius 2 is 1.80 bits per heavy atom. The molecule has 0 aliphatic carbocycles. The number of hydrogen-bond acceptors (Lipinski definition) is 4.